The molecular formula is C49H70Cl2N10O6. The van der Waals surface area contributed by atoms with Crippen LogP contribution >= 0.6 is 23.2 Å². The molecule has 2 heterocycles. The SMILES string of the molecule is CNC.CNC=O.COc1cc(OC)c(Cl)c(N=C/C=C(\N=C/N)Nc2ccc(N(CCNC=O)CCC3CCN(CC4CCN(c5ccc(C(C=O)CCC=O)cc5)CC4)CC3)cc2)c1Cl. The molecule has 2 saturated heterocycles. The normalized spacial score (nSPS) is 15.1. The van der Waals surface area contributed by atoms with E-state index in [0.717, 1.165) is 81.6 Å². The Morgan fingerprint density at radius 1 is 0.866 bits per heavy atom. The third-order valence-electron chi connectivity index (χ3n) is 11.5. The highest BCUT2D eigenvalue weighted by Gasteiger charge is 2.26. The number of likely N-dealkylation sites (tertiary alicyclic amines) is 1. The van der Waals surface area contributed by atoms with Crippen molar-refractivity contribution in [3.05, 3.63) is 82.1 Å². The van der Waals surface area contributed by atoms with Gasteiger partial charge in [-0.15, -0.1) is 0 Å². The van der Waals surface area contributed by atoms with Crippen LogP contribution < -0.4 is 46.3 Å². The summed E-state index contributed by atoms with van der Waals surface area (Å²) in [5.74, 6) is 2.34. The average molecular weight is 966 g/mol. The molecule has 0 bridgehead atoms. The third kappa shape index (κ3) is 18.9. The van der Waals surface area contributed by atoms with Crippen LogP contribution in [0.3, 0.4) is 0 Å². The first-order valence-electron chi connectivity index (χ1n) is 22.7. The van der Waals surface area contributed by atoms with Gasteiger partial charge in [-0.25, -0.2) is 4.99 Å². The predicted octanol–water partition coefficient (Wildman–Crippen LogP) is 6.68. The molecule has 2 aliphatic heterocycles. The van der Waals surface area contributed by atoms with Crippen molar-refractivity contribution in [2.75, 3.05) is 103 Å². The van der Waals surface area contributed by atoms with E-state index < -0.39 is 0 Å². The number of benzene rings is 3. The van der Waals surface area contributed by atoms with Gasteiger partial charge in [0.05, 0.1) is 20.6 Å². The number of piperidine rings is 2. The molecule has 16 nitrogen and oxygen atoms in total. The number of anilines is 3. The van der Waals surface area contributed by atoms with E-state index >= 15 is 0 Å². The molecule has 2 fully saturated rings. The van der Waals surface area contributed by atoms with Crippen molar-refractivity contribution in [3.8, 4) is 11.5 Å². The Labute approximate surface area is 406 Å². The van der Waals surface area contributed by atoms with E-state index in [-0.39, 0.29) is 16.0 Å². The van der Waals surface area contributed by atoms with Gasteiger partial charge in [-0.2, -0.15) is 0 Å². The Morgan fingerprint density at radius 2 is 1.48 bits per heavy atom. The van der Waals surface area contributed by atoms with Gasteiger partial charge >= 0.3 is 0 Å². The molecule has 6 N–H and O–H groups in total. The van der Waals surface area contributed by atoms with Gasteiger partial charge in [-0.1, -0.05) is 35.3 Å². The molecule has 67 heavy (non-hydrogen) atoms. The summed E-state index contributed by atoms with van der Waals surface area (Å²) in [5, 5.41) is 11.6. The number of aliphatic imine (C=N–C) groups is 2. The maximum atomic E-state index is 11.5. The Hall–Kier alpha value is -5.68. The first kappa shape index (κ1) is 55.6. The van der Waals surface area contributed by atoms with Crippen LogP contribution in [-0.2, 0) is 19.2 Å². The van der Waals surface area contributed by atoms with Crippen molar-refractivity contribution in [2.45, 2.75) is 50.9 Å². The van der Waals surface area contributed by atoms with Gasteiger partial charge < -0.3 is 60.8 Å². The number of amides is 2. The predicted molar refractivity (Wildman–Crippen MR) is 274 cm³/mol. The summed E-state index contributed by atoms with van der Waals surface area (Å²) in [4.78, 5) is 58.6. The standard InChI is InChI=1S/C45H58Cl2N8O5.C2H5NO.C2H7N/c1-59-40-28-41(60-2)44(47)45(43(40)46)50-19-13-42(51-31-48)52-37-7-11-39(12-8-37)55(26-20-49-32-58)23-16-33-14-21-53(22-15-33)29-34-17-24-54(25-18-34)38-9-5-35(6-10-38)36(30-57)4-3-27-56;1-3-2-4;1-3-2/h5-13,19,27-28,30-34,36,52H,3-4,14-18,20-26,29H2,1-2H3,(H2,48,51)(H,49,58);2H,1H3,(H,3,4);3H,1-2H3/b42-13+,50-19?;;. The molecule has 3 aromatic carbocycles. The van der Waals surface area contributed by atoms with Crippen molar-refractivity contribution in [1.29, 1.82) is 0 Å². The third-order valence-corrected chi connectivity index (χ3v) is 12.3. The Morgan fingerprint density at radius 3 is 2.01 bits per heavy atom. The second-order valence-electron chi connectivity index (χ2n) is 16.0. The van der Waals surface area contributed by atoms with Crippen LogP contribution in [0.2, 0.25) is 10.0 Å². The second-order valence-corrected chi connectivity index (χ2v) is 16.8. The molecule has 3 aromatic rings. The number of hydrogen-bond acceptors (Lipinski definition) is 13. The first-order valence-corrected chi connectivity index (χ1v) is 23.4. The molecule has 0 spiro atoms. The Balaban J connectivity index is 0.00000159. The molecule has 1 atom stereocenters. The maximum Gasteiger partial charge on any atom is 0.207 e. The van der Waals surface area contributed by atoms with Crippen LogP contribution in [-0.4, -0.2) is 131 Å². The summed E-state index contributed by atoms with van der Waals surface area (Å²) in [6, 6.07) is 18.0. The van der Waals surface area contributed by atoms with E-state index in [2.05, 4.69) is 70.2 Å². The zero-order valence-electron chi connectivity index (χ0n) is 39.6. The number of methoxy groups -OCH3 is 2. The lowest BCUT2D eigenvalue weighted by Gasteiger charge is -2.39. The van der Waals surface area contributed by atoms with Gasteiger partial charge in [0.15, 0.2) is 0 Å². The van der Waals surface area contributed by atoms with Gasteiger partial charge in [-0.3, -0.25) is 14.6 Å². The highest BCUT2D eigenvalue weighted by molar-refractivity contribution is 6.40. The van der Waals surface area contributed by atoms with Crippen molar-refractivity contribution in [1.82, 2.24) is 20.9 Å². The number of rotatable bonds is 24. The molecule has 0 aromatic heterocycles. The fourth-order valence-electron chi connectivity index (χ4n) is 7.93. The number of halogens is 2. The average Bonchev–Trinajstić information content (AvgIpc) is 3.35. The van der Waals surface area contributed by atoms with E-state index in [4.69, 9.17) is 43.2 Å². The molecule has 1 unspecified atom stereocenters. The summed E-state index contributed by atoms with van der Waals surface area (Å²) in [5.41, 5.74) is 10.0. The zero-order chi connectivity index (χ0) is 48.8. The second kappa shape index (κ2) is 32.1. The van der Waals surface area contributed by atoms with Gasteiger partial charge in [0.25, 0.3) is 0 Å². The van der Waals surface area contributed by atoms with E-state index in [1.807, 2.05) is 38.4 Å². The molecule has 0 saturated carbocycles. The summed E-state index contributed by atoms with van der Waals surface area (Å²) in [6.07, 6.45) is 14.3. The monoisotopic (exact) mass is 964 g/mol. The highest BCUT2D eigenvalue weighted by Crippen LogP contribution is 2.45. The number of carbonyl (C=O) groups excluding carboxylic acids is 4. The van der Waals surface area contributed by atoms with E-state index in [0.29, 0.717) is 67.2 Å². The number of aldehydes is 2. The van der Waals surface area contributed by atoms with Crippen molar-refractivity contribution < 1.29 is 28.7 Å². The molecule has 2 aliphatic rings. The van der Waals surface area contributed by atoms with Crippen molar-refractivity contribution >= 4 is 83.9 Å². The molecule has 366 valence electrons. The molecule has 2 amide bonds. The van der Waals surface area contributed by atoms with Gasteiger partial charge in [0, 0.05) is 88.0 Å². The summed E-state index contributed by atoms with van der Waals surface area (Å²) in [6.45, 7) is 7.63. The quantitative estimate of drug-likeness (QED) is 0.0277. The number of hydrogen-bond donors (Lipinski definition) is 5. The van der Waals surface area contributed by atoms with Crippen LogP contribution in [0.25, 0.3) is 0 Å². The van der Waals surface area contributed by atoms with Crippen LogP contribution in [0.4, 0.5) is 22.7 Å². The summed E-state index contributed by atoms with van der Waals surface area (Å²) >= 11 is 12.9. The first-order chi connectivity index (χ1) is 32.6. The molecular weight excluding hydrogens is 896 g/mol. The van der Waals surface area contributed by atoms with Crippen LogP contribution in [0.5, 0.6) is 11.5 Å². The topological polar surface area (TPSA) is 195 Å². The smallest absolute Gasteiger partial charge is 0.207 e. The summed E-state index contributed by atoms with van der Waals surface area (Å²) in [7, 11) is 8.32. The molecule has 0 radical (unpaired) electrons. The Kier molecular flexibility index (Phi) is 26.7. The lowest BCUT2D eigenvalue weighted by Crippen LogP contribution is -2.42. The van der Waals surface area contributed by atoms with E-state index in [9.17, 15) is 14.4 Å². The van der Waals surface area contributed by atoms with Crippen molar-refractivity contribution in [2.24, 2.45) is 27.6 Å². The minimum Gasteiger partial charge on any atom is -0.495 e. The largest absolute Gasteiger partial charge is 0.495 e. The summed E-state index contributed by atoms with van der Waals surface area (Å²) < 4.78 is 10.7. The number of carbonyl (C=O) groups is 4. The lowest BCUT2D eigenvalue weighted by molar-refractivity contribution is -0.110. The number of allylic oxidation sites excluding steroid dienone is 1. The number of nitrogens with zero attached hydrogens (tertiary/aromatic N) is 5. The van der Waals surface area contributed by atoms with Crippen LogP contribution in [0, 0.1) is 11.8 Å². The molecule has 18 heteroatoms. The number of ether oxygens (including phenoxy) is 2. The van der Waals surface area contributed by atoms with Crippen molar-refractivity contribution in [3.63, 3.8) is 0 Å². The maximum absolute atomic E-state index is 11.5. The fourth-order valence-corrected chi connectivity index (χ4v) is 8.52. The van der Waals surface area contributed by atoms with Gasteiger partial charge in [-0.05, 0) is 126 Å². The Bertz CT molecular complexity index is 1980. The minimum atomic E-state index is -0.223. The zero-order valence-corrected chi connectivity index (χ0v) is 41.1. The molecule has 5 rings (SSSR count). The fraction of sp³-hybridized carbons (Fsp3) is 0.469. The van der Waals surface area contributed by atoms with E-state index in [1.54, 1.807) is 19.2 Å². The van der Waals surface area contributed by atoms with E-state index in [1.165, 1.54) is 58.1 Å². The van der Waals surface area contributed by atoms with Gasteiger partial charge in [0.2, 0.25) is 12.8 Å². The van der Waals surface area contributed by atoms with Crippen LogP contribution in [0.15, 0.2) is 76.5 Å². The number of nitrogens with one attached hydrogen (secondary N) is 4. The highest BCUT2D eigenvalue weighted by atomic mass is 35.5. The minimum absolute atomic E-state index is 0.223. The molecule has 0 aliphatic carbocycles. The lowest BCUT2D eigenvalue weighted by atomic mass is 9.90. The van der Waals surface area contributed by atoms with Gasteiger partial charge in [0.1, 0.15) is 45.6 Å². The van der Waals surface area contributed by atoms with Crippen LogP contribution in [0.1, 0.15) is 56.4 Å². The number of nitrogens with two attached hydrogens (primary N) is 1.